The van der Waals surface area contributed by atoms with Crippen LogP contribution >= 0.6 is 7.82 Å². The summed E-state index contributed by atoms with van der Waals surface area (Å²) in [5.74, 6) is 0. The van der Waals surface area contributed by atoms with Crippen molar-refractivity contribution in [2.45, 2.75) is 75.0 Å². The van der Waals surface area contributed by atoms with Gasteiger partial charge in [0.2, 0.25) is 0 Å². The zero-order valence-electron chi connectivity index (χ0n) is 17.3. The quantitative estimate of drug-likeness (QED) is 0.362. The van der Waals surface area contributed by atoms with Gasteiger partial charge in [-0.1, -0.05) is 0 Å². The van der Waals surface area contributed by atoms with Crippen molar-refractivity contribution in [2.75, 3.05) is 27.4 Å². The van der Waals surface area contributed by atoms with Crippen molar-refractivity contribution in [1.82, 2.24) is 0 Å². The molecule has 0 amide bonds. The van der Waals surface area contributed by atoms with Crippen LogP contribution in [-0.4, -0.2) is 107 Å². The molecule has 0 aliphatic carbocycles. The lowest BCUT2D eigenvalue weighted by atomic mass is 9.93. The van der Waals surface area contributed by atoms with Crippen LogP contribution in [-0.2, 0) is 37.3 Å². The average Bonchev–Trinajstić information content (AvgIpc) is 3.05. The number of rotatable bonds is 9. The Morgan fingerprint density at radius 3 is 2.03 bits per heavy atom. The fraction of sp³-hybridized carbons (Fsp3) is 1.00. The Bertz CT molecular complexity index is 576. The summed E-state index contributed by atoms with van der Waals surface area (Å²) in [7, 11) is 9.75. The van der Waals surface area contributed by atoms with Gasteiger partial charge in [0.05, 0.1) is 18.8 Å². The summed E-state index contributed by atoms with van der Waals surface area (Å²) in [5.41, 5.74) is -0.463. The van der Waals surface area contributed by atoms with Crippen molar-refractivity contribution in [3.63, 3.8) is 0 Å². The molecule has 9 atom stereocenters. The molecule has 2 aliphatic heterocycles. The first-order chi connectivity index (χ1) is 13.4. The van der Waals surface area contributed by atoms with E-state index in [1.165, 1.54) is 14.2 Å². The molecule has 2 heterocycles. The van der Waals surface area contributed by atoms with Gasteiger partial charge in [-0.05, 0) is 20.8 Å². The van der Waals surface area contributed by atoms with E-state index in [1.807, 2.05) is 20.8 Å². The lowest BCUT2D eigenvalue weighted by Crippen LogP contribution is -2.39. The summed E-state index contributed by atoms with van der Waals surface area (Å²) in [5, 5.41) is 10.1. The van der Waals surface area contributed by atoms with Gasteiger partial charge in [-0.15, -0.1) is 0 Å². The summed E-state index contributed by atoms with van der Waals surface area (Å²) in [6, 6.07) is -1.76. The van der Waals surface area contributed by atoms with Gasteiger partial charge < -0.3 is 33.7 Å². The molecule has 2 aliphatic rings. The number of hydrogen-bond acceptors (Lipinski definition) is 9. The van der Waals surface area contributed by atoms with Crippen molar-refractivity contribution >= 4 is 23.5 Å². The van der Waals surface area contributed by atoms with Crippen molar-refractivity contribution in [2.24, 2.45) is 0 Å². The Kier molecular flexibility index (Phi) is 8.78. The van der Waals surface area contributed by atoms with Crippen LogP contribution in [0.3, 0.4) is 0 Å². The van der Waals surface area contributed by atoms with Gasteiger partial charge in [0.1, 0.15) is 52.3 Å². The largest absolute Gasteiger partial charge is 0.472 e. The van der Waals surface area contributed by atoms with Crippen LogP contribution in [0.5, 0.6) is 0 Å². The van der Waals surface area contributed by atoms with Crippen molar-refractivity contribution in [3.05, 3.63) is 0 Å². The van der Waals surface area contributed by atoms with Crippen LogP contribution in [0.25, 0.3) is 0 Å². The zero-order valence-corrected chi connectivity index (χ0v) is 18.2. The standard InChI is InChI=1S/C16H29B2O10P/c1-16(2,3)24-6-9-11(13(23-5)15(18)27-9)28-29(20,21)25-7-8-10(19)12(22-4)14(17)26-8/h8-15,19H,6-7H2,1-5H3,(H,20,21). The van der Waals surface area contributed by atoms with E-state index >= 15 is 0 Å². The molecule has 2 saturated heterocycles. The number of ether oxygens (including phenoxy) is 5. The van der Waals surface area contributed by atoms with Gasteiger partial charge in [0, 0.05) is 26.2 Å². The second-order valence-electron chi connectivity index (χ2n) is 7.93. The molecule has 0 aromatic heterocycles. The number of hydrogen-bond donors (Lipinski definition) is 2. The maximum atomic E-state index is 12.5. The van der Waals surface area contributed by atoms with E-state index in [1.54, 1.807) is 0 Å². The van der Waals surface area contributed by atoms with Gasteiger partial charge in [0.15, 0.2) is 0 Å². The highest BCUT2D eigenvalue weighted by Gasteiger charge is 2.48. The second-order valence-corrected chi connectivity index (χ2v) is 9.33. The van der Waals surface area contributed by atoms with Gasteiger partial charge >= 0.3 is 7.82 Å². The Hall–Kier alpha value is -0.000130. The molecule has 0 bridgehead atoms. The van der Waals surface area contributed by atoms with E-state index in [9.17, 15) is 14.6 Å². The minimum Gasteiger partial charge on any atom is -0.388 e. The molecule has 10 nitrogen and oxygen atoms in total. The molecular formula is C16H29B2O10P. The normalized spacial score (nSPS) is 40.2. The molecule has 164 valence electrons. The fourth-order valence-corrected chi connectivity index (χ4v) is 4.11. The maximum absolute atomic E-state index is 12.5. The van der Waals surface area contributed by atoms with Gasteiger partial charge in [0.25, 0.3) is 0 Å². The van der Waals surface area contributed by atoms with Crippen molar-refractivity contribution in [3.8, 4) is 0 Å². The second kappa shape index (κ2) is 10.1. The summed E-state index contributed by atoms with van der Waals surface area (Å²) >= 11 is 0. The lowest BCUT2D eigenvalue weighted by molar-refractivity contribution is -0.0835. The van der Waals surface area contributed by atoms with Crippen LogP contribution in [0.1, 0.15) is 20.8 Å². The number of phosphoric ester groups is 1. The summed E-state index contributed by atoms with van der Waals surface area (Å²) < 4.78 is 49.7. The third kappa shape index (κ3) is 6.74. The highest BCUT2D eigenvalue weighted by atomic mass is 31.2. The van der Waals surface area contributed by atoms with Crippen LogP contribution in [0.4, 0.5) is 0 Å². The van der Waals surface area contributed by atoms with Gasteiger partial charge in [-0.3, -0.25) is 9.05 Å². The number of aliphatic hydroxyl groups excluding tert-OH is 1. The van der Waals surface area contributed by atoms with E-state index in [0.717, 1.165) is 0 Å². The van der Waals surface area contributed by atoms with Crippen LogP contribution < -0.4 is 0 Å². The highest BCUT2D eigenvalue weighted by molar-refractivity contribution is 7.47. The molecule has 29 heavy (non-hydrogen) atoms. The molecular weight excluding hydrogens is 405 g/mol. The fourth-order valence-electron chi connectivity index (χ4n) is 3.15. The molecule has 0 aromatic carbocycles. The molecule has 0 spiro atoms. The first kappa shape index (κ1) is 25.3. The molecule has 2 rings (SSSR count). The van der Waals surface area contributed by atoms with Crippen molar-refractivity contribution in [1.29, 1.82) is 0 Å². The van der Waals surface area contributed by atoms with Crippen LogP contribution in [0.2, 0.25) is 0 Å². The van der Waals surface area contributed by atoms with Crippen LogP contribution in [0, 0.1) is 0 Å². The van der Waals surface area contributed by atoms with Gasteiger partial charge in [-0.25, -0.2) is 4.57 Å². The molecule has 0 saturated carbocycles. The average molecular weight is 434 g/mol. The molecule has 2 fully saturated rings. The predicted octanol–water partition coefficient (Wildman–Crippen LogP) is -0.519. The Morgan fingerprint density at radius 1 is 0.966 bits per heavy atom. The highest BCUT2D eigenvalue weighted by Crippen LogP contribution is 2.48. The topological polar surface area (TPSA) is 122 Å². The van der Waals surface area contributed by atoms with E-state index in [0.29, 0.717) is 0 Å². The number of phosphoric acid groups is 1. The zero-order chi connectivity index (χ0) is 22.0. The lowest BCUT2D eigenvalue weighted by Gasteiger charge is -2.27. The first-order valence-corrected chi connectivity index (χ1v) is 10.7. The first-order valence-electron chi connectivity index (χ1n) is 9.24. The SMILES string of the molecule is [B]C1OC(COP(=O)(O)OC2C(COC(C)(C)C)OC([B])C2OC)C(O)C1OC. The summed E-state index contributed by atoms with van der Waals surface area (Å²) in [6.07, 6.45) is -5.44. The third-order valence-corrected chi connectivity index (χ3v) is 5.59. The molecule has 13 heteroatoms. The van der Waals surface area contributed by atoms with Gasteiger partial charge in [-0.2, -0.15) is 0 Å². The van der Waals surface area contributed by atoms with E-state index in [4.69, 9.17) is 48.4 Å². The third-order valence-electron chi connectivity index (χ3n) is 4.60. The Balaban J connectivity index is 1.99. The molecule has 9 unspecified atom stereocenters. The Morgan fingerprint density at radius 2 is 1.52 bits per heavy atom. The maximum Gasteiger partial charge on any atom is 0.472 e. The monoisotopic (exact) mass is 434 g/mol. The van der Waals surface area contributed by atoms with Crippen LogP contribution in [0.15, 0.2) is 0 Å². The van der Waals surface area contributed by atoms with Crippen molar-refractivity contribution < 1.29 is 47.3 Å². The molecule has 4 radical (unpaired) electrons. The summed E-state index contributed by atoms with van der Waals surface area (Å²) in [4.78, 5) is 10.2. The minimum absolute atomic E-state index is 0.0660. The predicted molar refractivity (Wildman–Crippen MR) is 103 cm³/mol. The van der Waals surface area contributed by atoms with E-state index in [2.05, 4.69) is 0 Å². The van der Waals surface area contributed by atoms with E-state index in [-0.39, 0.29) is 6.61 Å². The smallest absolute Gasteiger partial charge is 0.388 e. The minimum atomic E-state index is -4.59. The van der Waals surface area contributed by atoms with E-state index < -0.39 is 68.7 Å². The number of aliphatic hydroxyl groups is 1. The number of methoxy groups -OCH3 is 2. The summed E-state index contributed by atoms with van der Waals surface area (Å²) in [6.45, 7) is 5.20. The molecule has 0 aromatic rings. The molecule has 2 N–H and O–H groups in total. The Labute approximate surface area is 173 Å².